The smallest absolute Gasteiger partial charge is 0.300 e. The van der Waals surface area contributed by atoms with Gasteiger partial charge in [0.05, 0.1) is 30.5 Å². The van der Waals surface area contributed by atoms with Gasteiger partial charge in [0.25, 0.3) is 11.9 Å². The van der Waals surface area contributed by atoms with Crippen molar-refractivity contribution in [3.8, 4) is 11.1 Å². The Morgan fingerprint density at radius 2 is 2.14 bits per heavy atom. The number of anilines is 2. The zero-order valence-corrected chi connectivity index (χ0v) is 20.1. The first-order valence-corrected chi connectivity index (χ1v) is 11.5. The third-order valence-electron chi connectivity index (χ3n) is 6.10. The van der Waals surface area contributed by atoms with Gasteiger partial charge in [0.1, 0.15) is 23.6 Å². The monoisotopic (exact) mass is 511 g/mol. The number of hydrogen-bond donors (Lipinski definition) is 2. The van der Waals surface area contributed by atoms with Crippen molar-refractivity contribution < 1.29 is 23.4 Å². The molecule has 1 aromatic carbocycles. The number of methoxy groups -OCH3 is 1. The summed E-state index contributed by atoms with van der Waals surface area (Å²) in [5.74, 6) is -0.179. The van der Waals surface area contributed by atoms with Gasteiger partial charge >= 0.3 is 0 Å². The predicted molar refractivity (Wildman–Crippen MR) is 130 cm³/mol. The number of halogens is 2. The fourth-order valence-electron chi connectivity index (χ4n) is 4.36. The molecular formula is C25H23ClFN5O4. The van der Waals surface area contributed by atoms with Crippen molar-refractivity contribution >= 4 is 29.3 Å². The van der Waals surface area contributed by atoms with Gasteiger partial charge < -0.3 is 23.7 Å². The number of benzene rings is 1. The largest absolute Gasteiger partial charge is 0.432 e. The van der Waals surface area contributed by atoms with E-state index in [0.29, 0.717) is 52.4 Å². The standard InChI is InChI=1S/C25H23ClFN5O4/c1-35-14-19-12-31-10-17(20-8-23(29-9-21(20)26)30-25-28-4-5-36-25)7-22(31)24(34)32(19)11-16-6-18(27)3-2-15(16)13-33/h2-10,19,33H,11-14H2,1H3,(H,28,29,30). The average Bonchev–Trinajstić information content (AvgIpc) is 3.53. The van der Waals surface area contributed by atoms with E-state index in [9.17, 15) is 14.3 Å². The van der Waals surface area contributed by atoms with Crippen LogP contribution in [0.1, 0.15) is 21.6 Å². The lowest BCUT2D eigenvalue weighted by molar-refractivity contribution is 0.0386. The zero-order chi connectivity index (χ0) is 25.2. The number of fused-ring (bicyclic) bond motifs is 1. The van der Waals surface area contributed by atoms with Crippen LogP contribution in [0.25, 0.3) is 11.1 Å². The van der Waals surface area contributed by atoms with Crippen LogP contribution in [0.4, 0.5) is 16.2 Å². The zero-order valence-electron chi connectivity index (χ0n) is 19.3. The van der Waals surface area contributed by atoms with Crippen molar-refractivity contribution in [3.05, 3.63) is 82.8 Å². The molecule has 1 amide bonds. The maximum absolute atomic E-state index is 14.0. The Labute approximate surface area is 211 Å². The van der Waals surface area contributed by atoms with Crippen LogP contribution in [0.2, 0.25) is 5.02 Å². The van der Waals surface area contributed by atoms with E-state index in [1.54, 1.807) is 24.1 Å². The van der Waals surface area contributed by atoms with Crippen LogP contribution < -0.4 is 5.32 Å². The van der Waals surface area contributed by atoms with Gasteiger partial charge in [-0.1, -0.05) is 17.7 Å². The third-order valence-corrected chi connectivity index (χ3v) is 6.40. The van der Waals surface area contributed by atoms with E-state index in [4.69, 9.17) is 20.8 Å². The van der Waals surface area contributed by atoms with E-state index in [1.165, 1.54) is 36.9 Å². The maximum atomic E-state index is 14.0. The van der Waals surface area contributed by atoms with Crippen LogP contribution in [-0.4, -0.2) is 50.2 Å². The van der Waals surface area contributed by atoms with Crippen molar-refractivity contribution in [3.63, 3.8) is 0 Å². The molecule has 36 heavy (non-hydrogen) atoms. The second-order valence-corrected chi connectivity index (χ2v) is 8.80. The first kappa shape index (κ1) is 24.0. The topological polar surface area (TPSA) is 106 Å². The van der Waals surface area contributed by atoms with Gasteiger partial charge in [-0.25, -0.2) is 14.4 Å². The van der Waals surface area contributed by atoms with Gasteiger partial charge in [-0.15, -0.1) is 0 Å². The molecule has 0 bridgehead atoms. The first-order valence-electron chi connectivity index (χ1n) is 11.2. The Morgan fingerprint density at radius 3 is 2.89 bits per heavy atom. The van der Waals surface area contributed by atoms with Crippen LogP contribution in [0.5, 0.6) is 0 Å². The Bertz CT molecular complexity index is 1390. The molecular weight excluding hydrogens is 489 g/mol. The Balaban J connectivity index is 1.48. The molecule has 1 atom stereocenters. The fourth-order valence-corrected chi connectivity index (χ4v) is 4.58. The third kappa shape index (κ3) is 4.70. The number of aliphatic hydroxyl groups excluding tert-OH is 1. The molecule has 0 radical (unpaired) electrons. The highest BCUT2D eigenvalue weighted by Gasteiger charge is 2.34. The molecule has 9 nitrogen and oxygen atoms in total. The molecule has 1 unspecified atom stereocenters. The molecule has 4 heterocycles. The number of nitrogens with zero attached hydrogens (tertiary/aromatic N) is 4. The molecule has 0 spiro atoms. The van der Waals surface area contributed by atoms with Crippen molar-refractivity contribution in [1.82, 2.24) is 19.4 Å². The average molecular weight is 512 g/mol. The Kier molecular flexibility index (Phi) is 6.73. The van der Waals surface area contributed by atoms with Gasteiger partial charge in [-0.05, 0) is 35.4 Å². The quantitative estimate of drug-likeness (QED) is 0.364. The molecule has 5 rings (SSSR count). The summed E-state index contributed by atoms with van der Waals surface area (Å²) in [5.41, 5.74) is 3.00. The Morgan fingerprint density at radius 1 is 1.28 bits per heavy atom. The van der Waals surface area contributed by atoms with Crippen molar-refractivity contribution in [2.24, 2.45) is 0 Å². The molecule has 0 saturated heterocycles. The van der Waals surface area contributed by atoms with Crippen LogP contribution in [0, 0.1) is 5.82 Å². The maximum Gasteiger partial charge on any atom is 0.300 e. The number of pyridine rings is 1. The van der Waals surface area contributed by atoms with Gasteiger partial charge in [0.15, 0.2) is 0 Å². The fraction of sp³-hybridized carbons (Fsp3) is 0.240. The molecule has 1 aliphatic heterocycles. The van der Waals surface area contributed by atoms with E-state index < -0.39 is 5.82 Å². The summed E-state index contributed by atoms with van der Waals surface area (Å²) in [7, 11) is 1.57. The second kappa shape index (κ2) is 10.1. The van der Waals surface area contributed by atoms with Crippen molar-refractivity contribution in [2.75, 3.05) is 19.0 Å². The van der Waals surface area contributed by atoms with E-state index in [2.05, 4.69) is 15.3 Å². The SMILES string of the molecule is COCC1Cn2cc(-c3cc(Nc4ncco4)ncc3Cl)cc2C(=O)N1Cc1cc(F)ccc1CO. The number of carbonyl (C=O) groups excluding carboxylic acids is 1. The number of nitrogens with one attached hydrogen (secondary N) is 1. The molecule has 0 aliphatic carbocycles. The number of ether oxygens (including phenoxy) is 1. The number of amides is 1. The second-order valence-electron chi connectivity index (χ2n) is 8.39. The molecule has 0 fully saturated rings. The first-order chi connectivity index (χ1) is 17.5. The summed E-state index contributed by atoms with van der Waals surface area (Å²) in [4.78, 5) is 23.6. The van der Waals surface area contributed by atoms with E-state index in [-0.39, 0.29) is 25.1 Å². The van der Waals surface area contributed by atoms with Crippen LogP contribution >= 0.6 is 11.6 Å². The van der Waals surface area contributed by atoms with Crippen LogP contribution in [0.15, 0.2) is 59.6 Å². The van der Waals surface area contributed by atoms with Crippen molar-refractivity contribution in [1.29, 1.82) is 0 Å². The summed E-state index contributed by atoms with van der Waals surface area (Å²) >= 11 is 6.46. The highest BCUT2D eigenvalue weighted by molar-refractivity contribution is 6.33. The Hall–Kier alpha value is -3.73. The van der Waals surface area contributed by atoms with Gasteiger partial charge in [-0.2, -0.15) is 0 Å². The highest BCUT2D eigenvalue weighted by atomic mass is 35.5. The minimum absolute atomic E-state index is 0.140. The van der Waals surface area contributed by atoms with Crippen LogP contribution in [-0.2, 0) is 24.4 Å². The summed E-state index contributed by atoms with van der Waals surface area (Å²) in [5, 5.41) is 13.1. The predicted octanol–water partition coefficient (Wildman–Crippen LogP) is 4.24. The lowest BCUT2D eigenvalue weighted by Gasteiger charge is -2.36. The van der Waals surface area contributed by atoms with Crippen LogP contribution in [0.3, 0.4) is 0 Å². The molecule has 0 saturated carbocycles. The lowest BCUT2D eigenvalue weighted by Crippen LogP contribution is -2.49. The molecule has 11 heteroatoms. The minimum Gasteiger partial charge on any atom is -0.432 e. The van der Waals surface area contributed by atoms with Gasteiger partial charge in [0.2, 0.25) is 0 Å². The lowest BCUT2D eigenvalue weighted by atomic mass is 10.0. The molecule has 1 aliphatic rings. The molecule has 4 aromatic rings. The molecule has 186 valence electrons. The normalized spacial score (nSPS) is 15.3. The number of rotatable bonds is 8. The van der Waals surface area contributed by atoms with E-state index in [1.807, 2.05) is 10.8 Å². The number of hydrogen-bond acceptors (Lipinski definition) is 7. The van der Waals surface area contributed by atoms with Gasteiger partial charge in [-0.3, -0.25) is 10.1 Å². The van der Waals surface area contributed by atoms with E-state index >= 15 is 0 Å². The number of carbonyl (C=O) groups is 1. The number of aromatic nitrogens is 3. The number of aliphatic hydroxyl groups is 1. The van der Waals surface area contributed by atoms with Gasteiger partial charge in [0, 0.05) is 43.7 Å². The van der Waals surface area contributed by atoms with E-state index in [0.717, 1.165) is 5.56 Å². The summed E-state index contributed by atoms with van der Waals surface area (Å²) < 4.78 is 26.4. The van der Waals surface area contributed by atoms with Crippen molar-refractivity contribution in [2.45, 2.75) is 25.7 Å². The summed E-state index contributed by atoms with van der Waals surface area (Å²) in [6.07, 6.45) is 6.34. The molecule has 3 aromatic heterocycles. The summed E-state index contributed by atoms with van der Waals surface area (Å²) in [6.45, 7) is 0.657. The summed E-state index contributed by atoms with van der Waals surface area (Å²) in [6, 6.07) is 7.69. The number of oxazole rings is 1. The highest BCUT2D eigenvalue weighted by Crippen LogP contribution is 2.34. The molecule has 2 N–H and O–H groups in total. The minimum atomic E-state index is -0.429.